The number of hydrogen-bond acceptors (Lipinski definition) is 7. The Balaban J connectivity index is 2.33. The third kappa shape index (κ3) is 3.16. The first-order valence-electron chi connectivity index (χ1n) is 6.63. The number of aryl methyl sites for hydroxylation is 1. The van der Waals surface area contributed by atoms with Crippen molar-refractivity contribution in [2.24, 2.45) is 7.05 Å². The smallest absolute Gasteiger partial charge is 0.358 e. The average Bonchev–Trinajstić information content (AvgIpc) is 2.93. The molecule has 0 aliphatic rings. The molecule has 10 heteroatoms. The first-order valence-corrected chi connectivity index (χ1v) is 6.63. The zero-order valence-corrected chi connectivity index (χ0v) is 13.1. The van der Waals surface area contributed by atoms with E-state index in [0.717, 1.165) is 6.07 Å². The molecule has 1 aromatic heterocycles. The molecule has 1 heterocycles. The second kappa shape index (κ2) is 6.77. The molecule has 0 aliphatic heterocycles. The Morgan fingerprint density at radius 2 is 2.04 bits per heavy atom. The number of amides is 1. The maximum absolute atomic E-state index is 12.3. The Kier molecular flexibility index (Phi) is 4.78. The van der Waals surface area contributed by atoms with Crippen LogP contribution in [0.4, 0.5) is 11.4 Å². The molecule has 24 heavy (non-hydrogen) atoms. The van der Waals surface area contributed by atoms with Gasteiger partial charge in [-0.2, -0.15) is 5.10 Å². The molecule has 1 N–H and O–H groups in total. The predicted molar refractivity (Wildman–Crippen MR) is 82.1 cm³/mol. The number of rotatable bonds is 5. The van der Waals surface area contributed by atoms with Gasteiger partial charge in [0.2, 0.25) is 0 Å². The number of anilines is 1. The molecule has 2 aromatic rings. The van der Waals surface area contributed by atoms with Gasteiger partial charge in [-0.1, -0.05) is 0 Å². The Bertz CT molecular complexity index is 814. The third-order valence-corrected chi connectivity index (χ3v) is 3.20. The van der Waals surface area contributed by atoms with E-state index in [2.05, 4.69) is 15.2 Å². The summed E-state index contributed by atoms with van der Waals surface area (Å²) < 4.78 is 10.8. The normalized spacial score (nSPS) is 10.1. The van der Waals surface area contributed by atoms with Gasteiger partial charge < -0.3 is 14.8 Å². The zero-order valence-electron chi connectivity index (χ0n) is 13.1. The molecule has 0 saturated carbocycles. The van der Waals surface area contributed by atoms with E-state index in [1.54, 1.807) is 0 Å². The van der Waals surface area contributed by atoms with Crippen molar-refractivity contribution in [3.05, 3.63) is 45.8 Å². The predicted octanol–water partition coefficient (Wildman–Crippen LogP) is 1.38. The minimum Gasteiger partial charge on any atom is -0.490 e. The first-order chi connectivity index (χ1) is 11.4. The number of methoxy groups -OCH3 is 2. The lowest BCUT2D eigenvalue weighted by molar-refractivity contribution is -0.385. The van der Waals surface area contributed by atoms with Gasteiger partial charge in [-0.05, 0) is 12.1 Å². The summed E-state index contributed by atoms with van der Waals surface area (Å²) in [7, 11) is 4.01. The van der Waals surface area contributed by atoms with Crippen LogP contribution in [0.1, 0.15) is 20.8 Å². The first kappa shape index (κ1) is 16.9. The molecular weight excluding hydrogens is 320 g/mol. The van der Waals surface area contributed by atoms with Crippen LogP contribution in [0.15, 0.2) is 24.4 Å². The van der Waals surface area contributed by atoms with E-state index in [9.17, 15) is 19.7 Å². The summed E-state index contributed by atoms with van der Waals surface area (Å²) >= 11 is 0. The van der Waals surface area contributed by atoms with Crippen molar-refractivity contribution < 1.29 is 24.0 Å². The van der Waals surface area contributed by atoms with Crippen molar-refractivity contribution in [3.63, 3.8) is 0 Å². The second-order valence-electron chi connectivity index (χ2n) is 4.62. The fourth-order valence-corrected chi connectivity index (χ4v) is 2.04. The van der Waals surface area contributed by atoms with Crippen LogP contribution in [-0.2, 0) is 11.8 Å². The standard InChI is InChI=1S/C14H14N4O6/c1-17-12(14(20)24-3)9(7-15-17)16-13(19)8-4-5-11(23-2)10(6-8)18(21)22/h4-7H,1-3H3,(H,16,19). The van der Waals surface area contributed by atoms with Crippen LogP contribution in [0, 0.1) is 10.1 Å². The van der Waals surface area contributed by atoms with Crippen LogP contribution >= 0.6 is 0 Å². The highest BCUT2D eigenvalue weighted by molar-refractivity contribution is 6.07. The maximum Gasteiger partial charge on any atom is 0.358 e. The minimum absolute atomic E-state index is 0.0298. The number of benzene rings is 1. The zero-order chi connectivity index (χ0) is 17.9. The highest BCUT2D eigenvalue weighted by atomic mass is 16.6. The summed E-state index contributed by atoms with van der Waals surface area (Å²) in [5.41, 5.74) is -0.131. The molecular formula is C14H14N4O6. The molecule has 0 unspecified atom stereocenters. The van der Waals surface area contributed by atoms with Crippen LogP contribution in [0.5, 0.6) is 5.75 Å². The quantitative estimate of drug-likeness (QED) is 0.497. The number of nitrogens with zero attached hydrogens (tertiary/aromatic N) is 3. The van der Waals surface area contributed by atoms with Crippen molar-refractivity contribution in [1.29, 1.82) is 0 Å². The molecule has 0 bridgehead atoms. The van der Waals surface area contributed by atoms with E-state index in [-0.39, 0.29) is 28.4 Å². The SMILES string of the molecule is COC(=O)c1c(NC(=O)c2ccc(OC)c([N+](=O)[O-])c2)cnn1C. The molecule has 126 valence electrons. The lowest BCUT2D eigenvalue weighted by Gasteiger charge is -2.07. The number of nitro benzene ring substituents is 1. The topological polar surface area (TPSA) is 126 Å². The van der Waals surface area contributed by atoms with Gasteiger partial charge in [0.05, 0.1) is 31.0 Å². The molecule has 1 amide bonds. The van der Waals surface area contributed by atoms with E-state index in [4.69, 9.17) is 4.74 Å². The molecule has 0 atom stereocenters. The van der Waals surface area contributed by atoms with Crippen LogP contribution in [0.3, 0.4) is 0 Å². The van der Waals surface area contributed by atoms with Crippen molar-refractivity contribution in [2.45, 2.75) is 0 Å². The molecule has 0 aliphatic carbocycles. The summed E-state index contributed by atoms with van der Waals surface area (Å²) in [6.45, 7) is 0. The highest BCUT2D eigenvalue weighted by Gasteiger charge is 2.22. The van der Waals surface area contributed by atoms with Gasteiger partial charge in [-0.15, -0.1) is 0 Å². The lowest BCUT2D eigenvalue weighted by Crippen LogP contribution is -2.16. The van der Waals surface area contributed by atoms with Gasteiger partial charge >= 0.3 is 11.7 Å². The molecule has 10 nitrogen and oxygen atoms in total. The number of carbonyl (C=O) groups is 2. The number of nitro groups is 1. The maximum atomic E-state index is 12.3. The van der Waals surface area contributed by atoms with Gasteiger partial charge in [-0.3, -0.25) is 19.6 Å². The van der Waals surface area contributed by atoms with Crippen molar-refractivity contribution in [3.8, 4) is 5.75 Å². The number of aromatic nitrogens is 2. The third-order valence-electron chi connectivity index (χ3n) is 3.20. The molecule has 0 fully saturated rings. The Morgan fingerprint density at radius 3 is 2.62 bits per heavy atom. The molecule has 0 spiro atoms. The van der Waals surface area contributed by atoms with Gasteiger partial charge in [0.25, 0.3) is 5.91 Å². The Hall–Kier alpha value is -3.43. The minimum atomic E-state index is -0.675. The fourth-order valence-electron chi connectivity index (χ4n) is 2.04. The van der Waals surface area contributed by atoms with Crippen LogP contribution in [0.25, 0.3) is 0 Å². The average molecular weight is 334 g/mol. The van der Waals surface area contributed by atoms with Crippen molar-refractivity contribution in [1.82, 2.24) is 9.78 Å². The van der Waals surface area contributed by atoms with Gasteiger partial charge in [0.15, 0.2) is 11.4 Å². The summed E-state index contributed by atoms with van der Waals surface area (Å²) in [6, 6.07) is 3.77. The number of esters is 1. The monoisotopic (exact) mass is 334 g/mol. The number of hydrogen-bond donors (Lipinski definition) is 1. The Labute approximate surface area is 136 Å². The van der Waals surface area contributed by atoms with Gasteiger partial charge in [0.1, 0.15) is 0 Å². The van der Waals surface area contributed by atoms with Crippen LogP contribution < -0.4 is 10.1 Å². The van der Waals surface area contributed by atoms with E-state index in [0.29, 0.717) is 0 Å². The lowest BCUT2D eigenvalue weighted by atomic mass is 10.1. The van der Waals surface area contributed by atoms with Crippen molar-refractivity contribution in [2.75, 3.05) is 19.5 Å². The van der Waals surface area contributed by atoms with E-state index in [1.165, 1.54) is 44.3 Å². The van der Waals surface area contributed by atoms with E-state index >= 15 is 0 Å². The number of carbonyl (C=O) groups excluding carboxylic acids is 2. The van der Waals surface area contributed by atoms with E-state index in [1.807, 2.05) is 0 Å². The fraction of sp³-hybridized carbons (Fsp3) is 0.214. The number of ether oxygens (including phenoxy) is 2. The van der Waals surface area contributed by atoms with Crippen LogP contribution in [-0.4, -0.2) is 40.8 Å². The second-order valence-corrected chi connectivity index (χ2v) is 4.62. The van der Waals surface area contributed by atoms with Gasteiger partial charge in [-0.25, -0.2) is 4.79 Å². The number of nitrogens with one attached hydrogen (secondary N) is 1. The molecule has 0 saturated heterocycles. The molecule has 2 rings (SSSR count). The largest absolute Gasteiger partial charge is 0.490 e. The van der Waals surface area contributed by atoms with Crippen LogP contribution in [0.2, 0.25) is 0 Å². The Morgan fingerprint density at radius 1 is 1.33 bits per heavy atom. The van der Waals surface area contributed by atoms with Crippen molar-refractivity contribution >= 4 is 23.3 Å². The summed E-state index contributed by atoms with van der Waals surface area (Å²) in [5, 5.41) is 17.4. The summed E-state index contributed by atoms with van der Waals surface area (Å²) in [6.07, 6.45) is 1.28. The molecule has 0 radical (unpaired) electrons. The summed E-state index contributed by atoms with van der Waals surface area (Å²) in [5.74, 6) is -1.28. The summed E-state index contributed by atoms with van der Waals surface area (Å²) in [4.78, 5) is 34.4. The van der Waals surface area contributed by atoms with Gasteiger partial charge in [0, 0.05) is 18.7 Å². The van der Waals surface area contributed by atoms with E-state index < -0.39 is 16.8 Å². The molecule has 1 aromatic carbocycles. The highest BCUT2D eigenvalue weighted by Crippen LogP contribution is 2.28.